The summed E-state index contributed by atoms with van der Waals surface area (Å²) in [5.74, 6) is -0.364. The van der Waals surface area contributed by atoms with Gasteiger partial charge in [-0.1, -0.05) is 0 Å². The van der Waals surface area contributed by atoms with Gasteiger partial charge in [0.2, 0.25) is 0 Å². The number of hydrogen-bond donors (Lipinski definition) is 0. The Balaban J connectivity index is 2.59. The van der Waals surface area contributed by atoms with Crippen LogP contribution in [0.2, 0.25) is 0 Å². The summed E-state index contributed by atoms with van der Waals surface area (Å²) in [6.07, 6.45) is 0. The molecule has 0 saturated carbocycles. The molecule has 0 aliphatic rings. The lowest BCUT2D eigenvalue weighted by atomic mass is 10.1. The van der Waals surface area contributed by atoms with Gasteiger partial charge in [-0.15, -0.1) is 0 Å². The topological polar surface area (TPSA) is 48.3 Å². The maximum Gasteiger partial charge on any atom is 0.263 e. The minimum absolute atomic E-state index is 0.0985. The first-order valence-electron chi connectivity index (χ1n) is 6.23. The van der Waals surface area contributed by atoms with Gasteiger partial charge in [-0.2, -0.15) is 0 Å². The number of aromatic nitrogens is 1. The molecule has 1 aromatic heterocycles. The second-order valence-corrected chi connectivity index (χ2v) is 4.71. The van der Waals surface area contributed by atoms with Crippen molar-refractivity contribution in [2.45, 2.75) is 6.54 Å². The second kappa shape index (κ2) is 6.65. The highest BCUT2D eigenvalue weighted by Crippen LogP contribution is 2.19. The number of carbonyl (C=O) groups excluding carboxylic acids is 1. The van der Waals surface area contributed by atoms with Gasteiger partial charge in [0.15, 0.2) is 0 Å². The Kier molecular flexibility index (Phi) is 4.88. The van der Waals surface area contributed by atoms with Gasteiger partial charge in [-0.05, 0) is 53.6 Å². The molecule has 6 heteroatoms. The van der Waals surface area contributed by atoms with Crippen LogP contribution < -0.4 is 5.56 Å². The van der Waals surface area contributed by atoms with E-state index in [1.54, 1.807) is 18.2 Å². The minimum atomic E-state index is -0.808. The summed E-state index contributed by atoms with van der Waals surface area (Å²) < 4.78 is 19.4. The van der Waals surface area contributed by atoms with E-state index in [1.165, 1.54) is 29.9 Å². The van der Waals surface area contributed by atoms with Crippen LogP contribution >= 0.6 is 11.6 Å². The number of nitrogens with zero attached hydrogens (tertiary/aromatic N) is 1. The largest absolute Gasteiger partial charge is 0.383 e. The molecular weight excluding hydrogens is 297 g/mol. The standard InChI is InChI=1S/C15H13ClFNO3/c1-21-9-8-18-13(10-2-4-11(17)5-3-10)7-6-12(14(16)19)15(18)20/h2-7H,8-9H2,1H3. The van der Waals surface area contributed by atoms with Gasteiger partial charge in [-0.3, -0.25) is 9.59 Å². The van der Waals surface area contributed by atoms with Gasteiger partial charge < -0.3 is 9.30 Å². The van der Waals surface area contributed by atoms with Crippen molar-refractivity contribution < 1.29 is 13.9 Å². The zero-order valence-electron chi connectivity index (χ0n) is 11.3. The monoisotopic (exact) mass is 309 g/mol. The first-order chi connectivity index (χ1) is 10.0. The summed E-state index contributed by atoms with van der Waals surface area (Å²) in [4.78, 5) is 23.6. The van der Waals surface area contributed by atoms with Crippen molar-refractivity contribution in [1.82, 2.24) is 4.57 Å². The number of rotatable bonds is 5. The lowest BCUT2D eigenvalue weighted by Gasteiger charge is -2.13. The molecule has 0 N–H and O–H groups in total. The van der Waals surface area contributed by atoms with Crippen LogP contribution in [-0.4, -0.2) is 23.5 Å². The maximum absolute atomic E-state index is 13.0. The predicted molar refractivity (Wildman–Crippen MR) is 78.2 cm³/mol. The summed E-state index contributed by atoms with van der Waals surface area (Å²) in [5, 5.41) is -0.808. The van der Waals surface area contributed by atoms with Crippen molar-refractivity contribution in [3.8, 4) is 11.3 Å². The maximum atomic E-state index is 13.0. The van der Waals surface area contributed by atoms with E-state index >= 15 is 0 Å². The third kappa shape index (κ3) is 3.37. The zero-order chi connectivity index (χ0) is 15.4. The molecule has 0 aliphatic carbocycles. The van der Waals surface area contributed by atoms with E-state index in [0.717, 1.165) is 0 Å². The van der Waals surface area contributed by atoms with Gasteiger partial charge in [0.1, 0.15) is 5.82 Å². The number of ether oxygens (including phenoxy) is 1. The highest BCUT2D eigenvalue weighted by atomic mass is 35.5. The fraction of sp³-hybridized carbons (Fsp3) is 0.200. The summed E-state index contributed by atoms with van der Waals surface area (Å²) >= 11 is 5.40. The number of benzene rings is 1. The van der Waals surface area contributed by atoms with Crippen molar-refractivity contribution >= 4 is 16.8 Å². The van der Waals surface area contributed by atoms with E-state index in [9.17, 15) is 14.0 Å². The Hall–Kier alpha value is -1.98. The van der Waals surface area contributed by atoms with E-state index < -0.39 is 10.8 Å². The van der Waals surface area contributed by atoms with Crippen LogP contribution in [0.5, 0.6) is 0 Å². The minimum Gasteiger partial charge on any atom is -0.383 e. The van der Waals surface area contributed by atoms with Gasteiger partial charge >= 0.3 is 0 Å². The number of methoxy groups -OCH3 is 1. The highest BCUT2D eigenvalue weighted by molar-refractivity contribution is 6.67. The summed E-state index contributed by atoms with van der Waals surface area (Å²) in [6, 6.07) is 8.73. The van der Waals surface area contributed by atoms with Crippen molar-refractivity contribution in [1.29, 1.82) is 0 Å². The fourth-order valence-electron chi connectivity index (χ4n) is 2.01. The van der Waals surface area contributed by atoms with Crippen molar-refractivity contribution in [2.24, 2.45) is 0 Å². The molecule has 0 amide bonds. The van der Waals surface area contributed by atoms with Crippen LogP contribution in [0.25, 0.3) is 11.3 Å². The number of carbonyl (C=O) groups is 1. The van der Waals surface area contributed by atoms with Crippen LogP contribution in [0.3, 0.4) is 0 Å². The second-order valence-electron chi connectivity index (χ2n) is 4.36. The van der Waals surface area contributed by atoms with Gasteiger partial charge in [-0.25, -0.2) is 4.39 Å². The lowest BCUT2D eigenvalue weighted by Crippen LogP contribution is -2.27. The molecule has 2 rings (SSSR count). The average molecular weight is 310 g/mol. The Morgan fingerprint density at radius 1 is 1.24 bits per heavy atom. The van der Waals surface area contributed by atoms with Crippen LogP contribution in [-0.2, 0) is 11.3 Å². The molecule has 0 spiro atoms. The molecule has 21 heavy (non-hydrogen) atoms. The smallest absolute Gasteiger partial charge is 0.263 e. The van der Waals surface area contributed by atoms with E-state index in [-0.39, 0.29) is 17.9 Å². The third-order valence-electron chi connectivity index (χ3n) is 3.04. The summed E-state index contributed by atoms with van der Waals surface area (Å²) in [6.45, 7) is 0.564. The molecule has 0 saturated heterocycles. The van der Waals surface area contributed by atoms with E-state index in [1.807, 2.05) is 0 Å². The van der Waals surface area contributed by atoms with Crippen LogP contribution in [0.4, 0.5) is 4.39 Å². The average Bonchev–Trinajstić information content (AvgIpc) is 2.46. The Labute approximate surface area is 125 Å². The molecular formula is C15H13ClFNO3. The van der Waals surface area contributed by atoms with Crippen molar-refractivity contribution in [2.75, 3.05) is 13.7 Å². The quantitative estimate of drug-likeness (QED) is 0.798. The molecule has 0 unspecified atom stereocenters. The van der Waals surface area contributed by atoms with E-state index in [4.69, 9.17) is 16.3 Å². The van der Waals surface area contributed by atoms with Gasteiger partial charge in [0.05, 0.1) is 17.9 Å². The number of hydrogen-bond acceptors (Lipinski definition) is 3. The summed E-state index contributed by atoms with van der Waals surface area (Å²) in [7, 11) is 1.51. The molecule has 0 radical (unpaired) electrons. The zero-order valence-corrected chi connectivity index (χ0v) is 12.1. The molecule has 4 nitrogen and oxygen atoms in total. The molecule has 1 heterocycles. The first-order valence-corrected chi connectivity index (χ1v) is 6.61. The first kappa shape index (κ1) is 15.4. The molecule has 0 atom stereocenters. The normalized spacial score (nSPS) is 10.6. The van der Waals surface area contributed by atoms with Crippen LogP contribution in [0.15, 0.2) is 41.2 Å². The molecule has 0 bridgehead atoms. The van der Waals surface area contributed by atoms with Crippen molar-refractivity contribution in [3.63, 3.8) is 0 Å². The van der Waals surface area contributed by atoms with Crippen molar-refractivity contribution in [3.05, 3.63) is 58.1 Å². The molecule has 1 aromatic carbocycles. The Morgan fingerprint density at radius 2 is 1.90 bits per heavy atom. The molecule has 0 fully saturated rings. The van der Waals surface area contributed by atoms with Crippen LogP contribution in [0.1, 0.15) is 10.4 Å². The number of pyridine rings is 1. The Morgan fingerprint density at radius 3 is 2.48 bits per heavy atom. The fourth-order valence-corrected chi connectivity index (χ4v) is 2.15. The van der Waals surface area contributed by atoms with E-state index in [0.29, 0.717) is 17.9 Å². The SMILES string of the molecule is COCCn1c(-c2ccc(F)cc2)ccc(C(=O)Cl)c1=O. The molecule has 110 valence electrons. The van der Waals surface area contributed by atoms with Gasteiger partial charge in [0, 0.05) is 13.7 Å². The highest BCUT2D eigenvalue weighted by Gasteiger charge is 2.14. The molecule has 2 aromatic rings. The van der Waals surface area contributed by atoms with Crippen LogP contribution in [0, 0.1) is 5.82 Å². The summed E-state index contributed by atoms with van der Waals surface area (Å²) in [5.41, 5.74) is 0.643. The third-order valence-corrected chi connectivity index (χ3v) is 3.25. The predicted octanol–water partition coefficient (Wildman–Crippen LogP) is 2.68. The lowest BCUT2D eigenvalue weighted by molar-refractivity contribution is 0.107. The Bertz CT molecular complexity index is 710. The number of halogens is 2. The molecule has 0 aliphatic heterocycles. The van der Waals surface area contributed by atoms with Gasteiger partial charge in [0.25, 0.3) is 10.8 Å². The van der Waals surface area contributed by atoms with E-state index in [2.05, 4.69) is 0 Å².